The van der Waals surface area contributed by atoms with E-state index in [9.17, 15) is 9.59 Å². The van der Waals surface area contributed by atoms with Crippen molar-refractivity contribution >= 4 is 34.3 Å². The van der Waals surface area contributed by atoms with Crippen LogP contribution >= 0.6 is 11.6 Å². The van der Waals surface area contributed by atoms with E-state index in [2.05, 4.69) is 24.1 Å². The number of fused-ring (bicyclic) bond motifs is 3. The average Bonchev–Trinajstić information content (AvgIpc) is 3.26. The Labute approximate surface area is 236 Å². The van der Waals surface area contributed by atoms with Crippen LogP contribution in [0, 0.1) is 11.8 Å². The summed E-state index contributed by atoms with van der Waals surface area (Å²) in [5.41, 5.74) is 1.25. The summed E-state index contributed by atoms with van der Waals surface area (Å²) < 4.78 is 7.41. The van der Waals surface area contributed by atoms with Crippen LogP contribution in [0.4, 0.5) is 0 Å². The zero-order valence-corrected chi connectivity index (χ0v) is 24.1. The monoisotopic (exact) mass is 550 g/mol. The normalized spacial score (nSPS) is 23.6. The Balaban J connectivity index is 1.39. The molecule has 1 aromatic heterocycles. The first-order valence-electron chi connectivity index (χ1n) is 13.9. The molecule has 208 valence electrons. The number of nitrogens with one attached hydrogen (secondary N) is 1. The second-order valence-electron chi connectivity index (χ2n) is 11.7. The second kappa shape index (κ2) is 11.2. The Hall–Kier alpha value is -3.03. The first-order chi connectivity index (χ1) is 18.7. The SMILES string of the molecule is COc1ccc2cc3n(c2c1)CC(C)(C(=O)NCCCN1CC(C)CC(C)C1)N(Cc1cccc(Cl)c1)C3=O. The van der Waals surface area contributed by atoms with Gasteiger partial charge in [-0.1, -0.05) is 37.6 Å². The molecule has 1 saturated heterocycles. The van der Waals surface area contributed by atoms with Crippen molar-refractivity contribution in [1.82, 2.24) is 19.7 Å². The lowest BCUT2D eigenvalue weighted by molar-refractivity contribution is -0.133. The number of halogens is 1. The van der Waals surface area contributed by atoms with E-state index >= 15 is 0 Å². The molecule has 0 bridgehead atoms. The number of aromatic nitrogens is 1. The Morgan fingerprint density at radius 2 is 1.90 bits per heavy atom. The highest BCUT2D eigenvalue weighted by atomic mass is 35.5. The highest BCUT2D eigenvalue weighted by Gasteiger charge is 2.47. The summed E-state index contributed by atoms with van der Waals surface area (Å²) in [5, 5.41) is 4.72. The maximum absolute atomic E-state index is 14.0. The first-order valence-corrected chi connectivity index (χ1v) is 14.3. The second-order valence-corrected chi connectivity index (χ2v) is 12.1. The number of ether oxygens (including phenoxy) is 1. The number of amides is 2. The Morgan fingerprint density at radius 1 is 1.13 bits per heavy atom. The topological polar surface area (TPSA) is 66.8 Å². The first kappa shape index (κ1) is 27.5. The number of likely N-dealkylation sites (tertiary alicyclic amines) is 1. The molecule has 2 aliphatic rings. The van der Waals surface area contributed by atoms with Gasteiger partial charge in [-0.15, -0.1) is 0 Å². The molecular formula is C31H39ClN4O3. The molecule has 2 amide bonds. The van der Waals surface area contributed by atoms with Crippen LogP contribution in [0.25, 0.3) is 10.9 Å². The minimum Gasteiger partial charge on any atom is -0.497 e. The third kappa shape index (κ3) is 5.66. The van der Waals surface area contributed by atoms with Crippen molar-refractivity contribution in [2.75, 3.05) is 33.3 Å². The summed E-state index contributed by atoms with van der Waals surface area (Å²) >= 11 is 6.26. The minimum absolute atomic E-state index is 0.145. The van der Waals surface area contributed by atoms with Gasteiger partial charge < -0.3 is 24.4 Å². The van der Waals surface area contributed by atoms with Crippen molar-refractivity contribution in [1.29, 1.82) is 0 Å². The largest absolute Gasteiger partial charge is 0.497 e. The van der Waals surface area contributed by atoms with E-state index in [-0.39, 0.29) is 18.4 Å². The van der Waals surface area contributed by atoms with Gasteiger partial charge in [-0.2, -0.15) is 0 Å². The average molecular weight is 551 g/mol. The minimum atomic E-state index is -1.09. The number of piperidine rings is 1. The molecule has 3 aromatic rings. The maximum atomic E-state index is 14.0. The fraction of sp³-hybridized carbons (Fsp3) is 0.484. The van der Waals surface area contributed by atoms with Crippen LogP contribution in [0.2, 0.25) is 5.02 Å². The molecule has 0 saturated carbocycles. The van der Waals surface area contributed by atoms with E-state index in [1.807, 2.05) is 60.0 Å². The van der Waals surface area contributed by atoms with E-state index in [0.29, 0.717) is 41.4 Å². The number of nitrogens with zero attached hydrogens (tertiary/aromatic N) is 3. The van der Waals surface area contributed by atoms with Crippen LogP contribution in [0.1, 0.15) is 49.7 Å². The lowest BCUT2D eigenvalue weighted by Gasteiger charge is -2.44. The van der Waals surface area contributed by atoms with Gasteiger partial charge in [0.1, 0.15) is 17.0 Å². The quantitative estimate of drug-likeness (QED) is 0.391. The third-order valence-corrected chi connectivity index (χ3v) is 8.47. The molecule has 0 spiro atoms. The van der Waals surface area contributed by atoms with Gasteiger partial charge in [0.2, 0.25) is 5.91 Å². The summed E-state index contributed by atoms with van der Waals surface area (Å²) in [4.78, 5) is 32.1. The molecule has 3 atom stereocenters. The van der Waals surface area contributed by atoms with Crippen molar-refractivity contribution in [3.63, 3.8) is 0 Å². The predicted molar refractivity (Wildman–Crippen MR) is 155 cm³/mol. The molecule has 3 heterocycles. The van der Waals surface area contributed by atoms with Crippen LogP contribution < -0.4 is 10.1 Å². The van der Waals surface area contributed by atoms with E-state index in [4.69, 9.17) is 16.3 Å². The van der Waals surface area contributed by atoms with Gasteiger partial charge >= 0.3 is 0 Å². The summed E-state index contributed by atoms with van der Waals surface area (Å²) in [7, 11) is 1.63. The van der Waals surface area contributed by atoms with E-state index in [1.54, 1.807) is 12.0 Å². The number of hydrogen-bond donors (Lipinski definition) is 1. The van der Waals surface area contributed by atoms with Crippen molar-refractivity contribution in [2.45, 2.75) is 52.2 Å². The van der Waals surface area contributed by atoms with Crippen LogP contribution in [0.15, 0.2) is 48.5 Å². The van der Waals surface area contributed by atoms with Gasteiger partial charge in [-0.3, -0.25) is 9.59 Å². The number of rotatable bonds is 8. The summed E-state index contributed by atoms with van der Waals surface area (Å²) in [6.45, 7) is 10.9. The van der Waals surface area contributed by atoms with Crippen molar-refractivity contribution in [2.24, 2.45) is 11.8 Å². The molecule has 0 radical (unpaired) electrons. The Kier molecular flexibility index (Phi) is 7.92. The molecular weight excluding hydrogens is 512 g/mol. The van der Waals surface area contributed by atoms with E-state index in [0.717, 1.165) is 42.5 Å². The van der Waals surface area contributed by atoms with Gasteiger partial charge in [0.25, 0.3) is 5.91 Å². The van der Waals surface area contributed by atoms with Crippen LogP contribution in [-0.2, 0) is 17.9 Å². The lowest BCUT2D eigenvalue weighted by atomic mass is 9.92. The third-order valence-electron chi connectivity index (χ3n) is 8.24. The highest BCUT2D eigenvalue weighted by Crippen LogP contribution is 2.35. The molecule has 2 aliphatic heterocycles. The van der Waals surface area contributed by atoms with Crippen molar-refractivity contribution < 1.29 is 14.3 Å². The van der Waals surface area contributed by atoms with Gasteiger partial charge in [0.05, 0.1) is 19.2 Å². The van der Waals surface area contributed by atoms with Gasteiger partial charge in [0.15, 0.2) is 0 Å². The number of benzene rings is 2. The summed E-state index contributed by atoms with van der Waals surface area (Å²) in [6, 6.07) is 15.1. The predicted octanol–water partition coefficient (Wildman–Crippen LogP) is 5.20. The van der Waals surface area contributed by atoms with Gasteiger partial charge in [-0.25, -0.2) is 0 Å². The molecule has 1 N–H and O–H groups in total. The molecule has 8 heteroatoms. The van der Waals surface area contributed by atoms with E-state index in [1.165, 1.54) is 6.42 Å². The molecule has 1 fully saturated rings. The molecule has 0 aliphatic carbocycles. The number of carbonyl (C=O) groups is 2. The van der Waals surface area contributed by atoms with Crippen LogP contribution in [-0.4, -0.2) is 65.0 Å². The van der Waals surface area contributed by atoms with Crippen LogP contribution in [0.3, 0.4) is 0 Å². The van der Waals surface area contributed by atoms with Crippen molar-refractivity contribution in [3.8, 4) is 5.75 Å². The Morgan fingerprint density at radius 3 is 2.62 bits per heavy atom. The molecule has 39 heavy (non-hydrogen) atoms. The lowest BCUT2D eigenvalue weighted by Crippen LogP contribution is -2.63. The standard InChI is InChI=1S/C31H39ClN4O3/c1-21-13-22(2)18-34(17-21)12-6-11-33-30(38)31(3)20-35-27-16-26(39-4)10-9-24(27)15-28(35)29(37)36(31)19-23-7-5-8-25(32)14-23/h5,7-10,14-16,21-22H,6,11-13,17-20H2,1-4H3,(H,33,38). The smallest absolute Gasteiger partial charge is 0.271 e. The highest BCUT2D eigenvalue weighted by molar-refractivity contribution is 6.30. The van der Waals surface area contributed by atoms with E-state index < -0.39 is 5.54 Å². The summed E-state index contributed by atoms with van der Waals surface area (Å²) in [6.07, 6.45) is 2.16. The molecule has 2 aromatic carbocycles. The zero-order chi connectivity index (χ0) is 27.7. The Bertz CT molecular complexity index is 1360. The van der Waals surface area contributed by atoms with Gasteiger partial charge in [-0.05, 0) is 74.0 Å². The number of methoxy groups -OCH3 is 1. The zero-order valence-electron chi connectivity index (χ0n) is 23.4. The maximum Gasteiger partial charge on any atom is 0.271 e. The molecule has 5 rings (SSSR count). The molecule has 7 nitrogen and oxygen atoms in total. The van der Waals surface area contributed by atoms with Gasteiger partial charge in [0, 0.05) is 42.7 Å². The van der Waals surface area contributed by atoms with Crippen LogP contribution in [0.5, 0.6) is 5.75 Å². The summed E-state index contributed by atoms with van der Waals surface area (Å²) in [5.74, 6) is 1.81. The number of hydrogen-bond acceptors (Lipinski definition) is 4. The number of carbonyl (C=O) groups excluding carboxylic acids is 2. The fourth-order valence-corrected chi connectivity index (χ4v) is 6.61. The van der Waals surface area contributed by atoms with Crippen molar-refractivity contribution in [3.05, 3.63) is 64.8 Å². The fourth-order valence-electron chi connectivity index (χ4n) is 6.39. The molecule has 3 unspecified atom stereocenters.